The van der Waals surface area contributed by atoms with Gasteiger partial charge in [-0.25, -0.2) is 0 Å². The maximum Gasteiger partial charge on any atom is 0.241 e. The Morgan fingerprint density at radius 3 is 1.33 bits per heavy atom. The molecule has 1 saturated carbocycles. The van der Waals surface area contributed by atoms with Crippen molar-refractivity contribution in [2.24, 2.45) is 11.8 Å². The SMILES string of the molecule is C[Si](C)(C)OC1=C(O[Si](C)(C)C)[C@@H]2CCCC[C@H]12. The lowest BCUT2D eigenvalue weighted by Gasteiger charge is -2.47. The van der Waals surface area contributed by atoms with E-state index in [1.165, 1.54) is 37.2 Å². The van der Waals surface area contributed by atoms with E-state index < -0.39 is 16.6 Å². The molecule has 0 N–H and O–H groups in total. The molecule has 104 valence electrons. The first-order chi connectivity index (χ1) is 8.17. The fraction of sp³-hybridized carbons (Fsp3) is 0.857. The van der Waals surface area contributed by atoms with Gasteiger partial charge in [0.05, 0.1) is 0 Å². The summed E-state index contributed by atoms with van der Waals surface area (Å²) >= 11 is 0. The van der Waals surface area contributed by atoms with Gasteiger partial charge in [0.2, 0.25) is 16.6 Å². The molecule has 0 aliphatic heterocycles. The molecule has 0 aromatic heterocycles. The number of fused-ring (bicyclic) bond motifs is 1. The van der Waals surface area contributed by atoms with E-state index in [4.69, 9.17) is 8.85 Å². The summed E-state index contributed by atoms with van der Waals surface area (Å²) in [6.45, 7) is 13.6. The smallest absolute Gasteiger partial charge is 0.241 e. The van der Waals surface area contributed by atoms with Gasteiger partial charge < -0.3 is 8.85 Å². The number of allylic oxidation sites excluding steroid dienone is 2. The van der Waals surface area contributed by atoms with Gasteiger partial charge in [-0.1, -0.05) is 12.8 Å². The Hall–Kier alpha value is -0.226. The van der Waals surface area contributed by atoms with Crippen LogP contribution in [0.15, 0.2) is 11.5 Å². The van der Waals surface area contributed by atoms with E-state index >= 15 is 0 Å². The fourth-order valence-electron chi connectivity index (χ4n) is 2.94. The highest BCUT2D eigenvalue weighted by Crippen LogP contribution is 2.51. The first-order valence-corrected chi connectivity index (χ1v) is 14.1. The van der Waals surface area contributed by atoms with Crippen molar-refractivity contribution in [3.8, 4) is 0 Å². The van der Waals surface area contributed by atoms with Crippen LogP contribution in [0.1, 0.15) is 25.7 Å². The van der Waals surface area contributed by atoms with Crippen LogP contribution in [0.5, 0.6) is 0 Å². The van der Waals surface area contributed by atoms with Crippen molar-refractivity contribution in [1.29, 1.82) is 0 Å². The second kappa shape index (κ2) is 4.71. The summed E-state index contributed by atoms with van der Waals surface area (Å²) in [6, 6.07) is 0. The highest BCUT2D eigenvalue weighted by atomic mass is 28.4. The molecular weight excluding hydrogens is 256 g/mol. The van der Waals surface area contributed by atoms with Crippen LogP contribution in [0.3, 0.4) is 0 Å². The van der Waals surface area contributed by atoms with Crippen molar-refractivity contribution in [1.82, 2.24) is 0 Å². The van der Waals surface area contributed by atoms with Gasteiger partial charge in [0.1, 0.15) is 11.5 Å². The zero-order valence-electron chi connectivity index (χ0n) is 12.8. The normalized spacial score (nSPS) is 28.6. The van der Waals surface area contributed by atoms with Gasteiger partial charge in [-0.15, -0.1) is 0 Å². The monoisotopic (exact) mass is 284 g/mol. The molecule has 0 spiro atoms. The third kappa shape index (κ3) is 3.21. The van der Waals surface area contributed by atoms with Crippen LogP contribution in [-0.2, 0) is 8.85 Å². The maximum atomic E-state index is 6.32. The van der Waals surface area contributed by atoms with Gasteiger partial charge in [0.15, 0.2) is 0 Å². The molecule has 4 heteroatoms. The van der Waals surface area contributed by atoms with Crippen LogP contribution in [0.4, 0.5) is 0 Å². The van der Waals surface area contributed by atoms with E-state index in [1.807, 2.05) is 0 Å². The molecule has 0 bridgehead atoms. The average Bonchev–Trinajstić information content (AvgIpc) is 2.21. The maximum absolute atomic E-state index is 6.32. The molecule has 1 fully saturated rings. The summed E-state index contributed by atoms with van der Waals surface area (Å²) in [4.78, 5) is 0. The first-order valence-electron chi connectivity index (χ1n) is 7.29. The summed E-state index contributed by atoms with van der Waals surface area (Å²) in [6.07, 6.45) is 5.34. The molecule has 0 aromatic carbocycles. The van der Waals surface area contributed by atoms with Crippen molar-refractivity contribution in [3.63, 3.8) is 0 Å². The Morgan fingerprint density at radius 1 is 0.722 bits per heavy atom. The van der Waals surface area contributed by atoms with Crippen molar-refractivity contribution in [2.75, 3.05) is 0 Å². The highest BCUT2D eigenvalue weighted by Gasteiger charge is 2.47. The van der Waals surface area contributed by atoms with Crippen LogP contribution in [-0.4, -0.2) is 16.6 Å². The van der Waals surface area contributed by atoms with Crippen molar-refractivity contribution >= 4 is 16.6 Å². The lowest BCUT2D eigenvalue weighted by atomic mass is 9.69. The van der Waals surface area contributed by atoms with E-state index in [2.05, 4.69) is 39.3 Å². The molecule has 2 atom stereocenters. The minimum atomic E-state index is -1.51. The van der Waals surface area contributed by atoms with Crippen LogP contribution >= 0.6 is 0 Å². The summed E-state index contributed by atoms with van der Waals surface area (Å²) in [7, 11) is -3.01. The molecule has 18 heavy (non-hydrogen) atoms. The van der Waals surface area contributed by atoms with Gasteiger partial charge >= 0.3 is 0 Å². The minimum absolute atomic E-state index is 0.678. The Labute approximate surface area is 114 Å². The minimum Gasteiger partial charge on any atom is -0.545 e. The molecule has 0 saturated heterocycles. The molecule has 0 radical (unpaired) electrons. The van der Waals surface area contributed by atoms with Crippen molar-refractivity contribution < 1.29 is 8.85 Å². The summed E-state index contributed by atoms with van der Waals surface area (Å²) in [5.41, 5.74) is 0. The second-order valence-corrected chi connectivity index (χ2v) is 16.5. The van der Waals surface area contributed by atoms with Gasteiger partial charge in [0, 0.05) is 11.8 Å². The predicted octanol–water partition coefficient (Wildman–Crippen LogP) is 4.72. The largest absolute Gasteiger partial charge is 0.545 e. The Balaban J connectivity index is 2.19. The van der Waals surface area contributed by atoms with E-state index in [0.29, 0.717) is 11.8 Å². The molecule has 2 aliphatic rings. The fourth-order valence-corrected chi connectivity index (χ4v) is 4.76. The van der Waals surface area contributed by atoms with E-state index in [9.17, 15) is 0 Å². The van der Waals surface area contributed by atoms with Gasteiger partial charge in [-0.3, -0.25) is 0 Å². The van der Waals surface area contributed by atoms with Crippen LogP contribution in [0.25, 0.3) is 0 Å². The number of hydrogen-bond acceptors (Lipinski definition) is 2. The van der Waals surface area contributed by atoms with Crippen molar-refractivity contribution in [3.05, 3.63) is 11.5 Å². The molecule has 2 nitrogen and oxygen atoms in total. The topological polar surface area (TPSA) is 18.5 Å². The summed E-state index contributed by atoms with van der Waals surface area (Å²) in [5, 5.41) is 0. The van der Waals surface area contributed by atoms with Crippen LogP contribution < -0.4 is 0 Å². The molecule has 0 heterocycles. The van der Waals surface area contributed by atoms with E-state index in [0.717, 1.165) is 0 Å². The zero-order chi connectivity index (χ0) is 13.6. The molecule has 0 aromatic rings. The Kier molecular flexibility index (Phi) is 3.71. The second-order valence-electron chi connectivity index (χ2n) is 7.65. The number of rotatable bonds is 4. The summed E-state index contributed by atoms with van der Waals surface area (Å²) < 4.78 is 12.6. The Bertz CT molecular complexity index is 316. The lowest BCUT2D eigenvalue weighted by molar-refractivity contribution is 0.109. The first kappa shape index (κ1) is 14.2. The van der Waals surface area contributed by atoms with Crippen molar-refractivity contribution in [2.45, 2.75) is 65.0 Å². The predicted molar refractivity (Wildman–Crippen MR) is 81.3 cm³/mol. The Morgan fingerprint density at radius 2 is 1.06 bits per heavy atom. The molecule has 2 rings (SSSR count). The highest BCUT2D eigenvalue weighted by molar-refractivity contribution is 6.70. The third-order valence-electron chi connectivity index (χ3n) is 3.51. The quantitative estimate of drug-likeness (QED) is 0.695. The average molecular weight is 285 g/mol. The van der Waals surface area contributed by atoms with E-state index in [-0.39, 0.29) is 0 Å². The van der Waals surface area contributed by atoms with Gasteiger partial charge in [-0.2, -0.15) is 0 Å². The van der Waals surface area contributed by atoms with E-state index in [1.54, 1.807) is 0 Å². The number of hydrogen-bond donors (Lipinski definition) is 0. The third-order valence-corrected chi connectivity index (χ3v) is 5.18. The van der Waals surface area contributed by atoms with Gasteiger partial charge in [0.25, 0.3) is 0 Å². The van der Waals surface area contributed by atoms with Crippen LogP contribution in [0, 0.1) is 11.8 Å². The van der Waals surface area contributed by atoms with Crippen LogP contribution in [0.2, 0.25) is 39.3 Å². The zero-order valence-corrected chi connectivity index (χ0v) is 14.8. The molecule has 2 aliphatic carbocycles. The molecule has 0 unspecified atom stereocenters. The molecular formula is C14H28O2Si2. The standard InChI is InChI=1S/C14H28O2Si2/c1-17(2,3)15-13-11-9-7-8-10-12(11)14(13)16-18(4,5)6/h11-12H,7-10H2,1-6H3/t11-,12+. The summed E-state index contributed by atoms with van der Waals surface area (Å²) in [5.74, 6) is 3.83. The molecule has 0 amide bonds. The van der Waals surface area contributed by atoms with Gasteiger partial charge in [-0.05, 0) is 52.1 Å². The lowest BCUT2D eigenvalue weighted by Crippen LogP contribution is -2.43.